The molecule has 2 aromatic carbocycles. The number of para-hydroxylation sites is 1. The Balaban J connectivity index is 1.49. The molecule has 1 aliphatic rings. The molecule has 0 spiro atoms. The van der Waals surface area contributed by atoms with Crippen molar-refractivity contribution in [3.63, 3.8) is 0 Å². The average molecular weight is 386 g/mol. The molecule has 132 valence electrons. The summed E-state index contributed by atoms with van der Waals surface area (Å²) in [5.74, 6) is 0.324. The molecule has 2 heterocycles. The van der Waals surface area contributed by atoms with Crippen molar-refractivity contribution in [2.75, 3.05) is 10.7 Å². The first-order valence-electron chi connectivity index (χ1n) is 8.20. The van der Waals surface area contributed by atoms with Crippen LogP contribution in [-0.4, -0.2) is 37.9 Å². The predicted octanol–water partition coefficient (Wildman–Crippen LogP) is 3.39. The second kappa shape index (κ2) is 7.09. The zero-order chi connectivity index (χ0) is 18.1. The smallest absolute Gasteiger partial charge is 0.237 e. The van der Waals surface area contributed by atoms with Gasteiger partial charge < -0.3 is 4.90 Å². The van der Waals surface area contributed by atoms with Crippen molar-refractivity contribution in [1.82, 2.24) is 20.2 Å². The van der Waals surface area contributed by atoms with Gasteiger partial charge in [0.25, 0.3) is 0 Å². The number of carbonyl (C=O) groups is 1. The highest BCUT2D eigenvalue weighted by molar-refractivity contribution is 7.99. The minimum atomic E-state index is 0.0538. The molecule has 0 aliphatic carbocycles. The van der Waals surface area contributed by atoms with Crippen molar-refractivity contribution >= 4 is 35.0 Å². The minimum absolute atomic E-state index is 0.0538. The largest absolute Gasteiger partial charge is 0.308 e. The lowest BCUT2D eigenvalue weighted by molar-refractivity contribution is -0.116. The van der Waals surface area contributed by atoms with Gasteiger partial charge in [0.1, 0.15) is 0 Å². The molecule has 8 heteroatoms. The van der Waals surface area contributed by atoms with Crippen molar-refractivity contribution in [3.8, 4) is 5.69 Å². The molecule has 1 aromatic heterocycles. The van der Waals surface area contributed by atoms with Gasteiger partial charge in [0.05, 0.1) is 11.4 Å². The molecule has 1 aliphatic heterocycles. The van der Waals surface area contributed by atoms with E-state index in [-0.39, 0.29) is 17.7 Å². The van der Waals surface area contributed by atoms with Gasteiger partial charge >= 0.3 is 0 Å². The van der Waals surface area contributed by atoms with Gasteiger partial charge in [-0.25, -0.2) is 0 Å². The second-order valence-electron chi connectivity index (χ2n) is 6.08. The lowest BCUT2D eigenvalue weighted by Crippen LogP contribution is -2.37. The monoisotopic (exact) mass is 385 g/mol. The first-order chi connectivity index (χ1) is 12.6. The molecule has 1 unspecified atom stereocenters. The third-order valence-electron chi connectivity index (χ3n) is 4.31. The molecule has 26 heavy (non-hydrogen) atoms. The summed E-state index contributed by atoms with van der Waals surface area (Å²) in [6.45, 7) is 2.07. The van der Waals surface area contributed by atoms with E-state index in [4.69, 9.17) is 11.6 Å². The third kappa shape index (κ3) is 3.20. The first-order valence-corrected chi connectivity index (χ1v) is 9.57. The van der Waals surface area contributed by atoms with E-state index in [1.165, 1.54) is 17.3 Å². The highest BCUT2D eigenvalue weighted by Crippen LogP contribution is 2.32. The fourth-order valence-electron chi connectivity index (χ4n) is 3.15. The first kappa shape index (κ1) is 17.1. The Kier molecular flexibility index (Phi) is 4.65. The SMILES string of the molecule is CC1Cc2ccccc2N1C(=O)CSc1nnnn1-c1ccc(Cl)cc1. The normalized spacial score (nSPS) is 15.9. The van der Waals surface area contributed by atoms with Gasteiger partial charge in [-0.3, -0.25) is 4.79 Å². The van der Waals surface area contributed by atoms with Crippen LogP contribution >= 0.6 is 23.4 Å². The molecule has 1 atom stereocenters. The molecule has 0 fully saturated rings. The molecular formula is C18H16ClN5OS. The van der Waals surface area contributed by atoms with E-state index in [2.05, 4.69) is 28.5 Å². The Morgan fingerprint density at radius 2 is 2.00 bits per heavy atom. The van der Waals surface area contributed by atoms with Crippen LogP contribution in [0.2, 0.25) is 5.02 Å². The number of carbonyl (C=O) groups excluding carboxylic acids is 1. The number of anilines is 1. The van der Waals surface area contributed by atoms with E-state index in [1.807, 2.05) is 35.2 Å². The molecule has 0 N–H and O–H groups in total. The van der Waals surface area contributed by atoms with Gasteiger partial charge in [0.2, 0.25) is 11.1 Å². The Morgan fingerprint density at radius 1 is 1.23 bits per heavy atom. The topological polar surface area (TPSA) is 63.9 Å². The zero-order valence-corrected chi connectivity index (χ0v) is 15.6. The minimum Gasteiger partial charge on any atom is -0.308 e. The number of rotatable bonds is 4. The van der Waals surface area contributed by atoms with Gasteiger partial charge in [-0.15, -0.1) is 5.10 Å². The number of thioether (sulfide) groups is 1. The molecule has 1 amide bonds. The number of amides is 1. The lowest BCUT2D eigenvalue weighted by atomic mass is 10.1. The van der Waals surface area contributed by atoms with Crippen LogP contribution in [0.5, 0.6) is 0 Å². The lowest BCUT2D eigenvalue weighted by Gasteiger charge is -2.22. The Morgan fingerprint density at radius 3 is 2.81 bits per heavy atom. The summed E-state index contributed by atoms with van der Waals surface area (Å²) >= 11 is 7.25. The van der Waals surface area contributed by atoms with Crippen LogP contribution in [0.25, 0.3) is 5.69 Å². The van der Waals surface area contributed by atoms with Crippen LogP contribution < -0.4 is 4.90 Å². The van der Waals surface area contributed by atoms with Crippen molar-refractivity contribution in [2.24, 2.45) is 0 Å². The number of tetrazole rings is 1. The fraction of sp³-hybridized carbons (Fsp3) is 0.222. The van der Waals surface area contributed by atoms with E-state index >= 15 is 0 Å². The predicted molar refractivity (Wildman–Crippen MR) is 102 cm³/mol. The molecular weight excluding hydrogens is 370 g/mol. The van der Waals surface area contributed by atoms with Crippen molar-refractivity contribution in [1.29, 1.82) is 0 Å². The van der Waals surface area contributed by atoms with Crippen LogP contribution in [0.4, 0.5) is 5.69 Å². The van der Waals surface area contributed by atoms with E-state index < -0.39 is 0 Å². The number of nitrogens with zero attached hydrogens (tertiary/aromatic N) is 5. The van der Waals surface area contributed by atoms with Crippen LogP contribution in [0.3, 0.4) is 0 Å². The van der Waals surface area contributed by atoms with Crippen LogP contribution in [-0.2, 0) is 11.2 Å². The Hall–Kier alpha value is -2.38. The second-order valence-corrected chi connectivity index (χ2v) is 7.46. The van der Waals surface area contributed by atoms with Crippen molar-refractivity contribution < 1.29 is 4.79 Å². The van der Waals surface area contributed by atoms with Crippen molar-refractivity contribution in [2.45, 2.75) is 24.5 Å². The van der Waals surface area contributed by atoms with E-state index in [0.717, 1.165) is 17.8 Å². The number of benzene rings is 2. The standard InChI is InChI=1S/C18H16ClN5OS/c1-12-10-13-4-2-3-5-16(13)23(12)17(25)11-26-18-20-21-22-24(18)15-8-6-14(19)7-9-15/h2-9,12H,10-11H2,1H3. The van der Waals surface area contributed by atoms with Crippen LogP contribution in [0.15, 0.2) is 53.7 Å². The van der Waals surface area contributed by atoms with Crippen LogP contribution in [0, 0.1) is 0 Å². The number of hydrogen-bond donors (Lipinski definition) is 0. The molecule has 3 aromatic rings. The fourth-order valence-corrected chi connectivity index (χ4v) is 4.03. The molecule has 0 saturated heterocycles. The highest BCUT2D eigenvalue weighted by atomic mass is 35.5. The summed E-state index contributed by atoms with van der Waals surface area (Å²) in [5, 5.41) is 13.0. The quantitative estimate of drug-likeness (QED) is 0.644. The summed E-state index contributed by atoms with van der Waals surface area (Å²) in [6, 6.07) is 15.4. The highest BCUT2D eigenvalue weighted by Gasteiger charge is 2.30. The molecule has 4 rings (SSSR count). The van der Waals surface area contributed by atoms with Gasteiger partial charge in [-0.1, -0.05) is 41.6 Å². The molecule has 0 bridgehead atoms. The Bertz CT molecular complexity index is 943. The summed E-state index contributed by atoms with van der Waals surface area (Å²) in [6.07, 6.45) is 0.884. The molecule has 6 nitrogen and oxygen atoms in total. The van der Waals surface area contributed by atoms with Gasteiger partial charge in [-0.2, -0.15) is 4.68 Å². The van der Waals surface area contributed by atoms with Crippen molar-refractivity contribution in [3.05, 3.63) is 59.1 Å². The molecule has 0 radical (unpaired) electrons. The summed E-state index contributed by atoms with van der Waals surface area (Å²) in [7, 11) is 0. The van der Waals surface area contributed by atoms with Gasteiger partial charge in [0, 0.05) is 16.8 Å². The van der Waals surface area contributed by atoms with E-state index in [1.54, 1.807) is 16.8 Å². The average Bonchev–Trinajstić information content (AvgIpc) is 3.23. The summed E-state index contributed by atoms with van der Waals surface area (Å²) in [4.78, 5) is 14.7. The summed E-state index contributed by atoms with van der Waals surface area (Å²) < 4.78 is 1.61. The maximum absolute atomic E-state index is 12.8. The maximum atomic E-state index is 12.8. The number of fused-ring (bicyclic) bond motifs is 1. The van der Waals surface area contributed by atoms with E-state index in [0.29, 0.717) is 10.2 Å². The third-order valence-corrected chi connectivity index (χ3v) is 5.47. The number of aromatic nitrogens is 4. The van der Waals surface area contributed by atoms with E-state index in [9.17, 15) is 4.79 Å². The molecule has 0 saturated carbocycles. The maximum Gasteiger partial charge on any atom is 0.237 e. The summed E-state index contributed by atoms with van der Waals surface area (Å²) in [5.41, 5.74) is 3.02. The Labute approximate surface area is 160 Å². The van der Waals surface area contributed by atoms with Gasteiger partial charge in [0.15, 0.2) is 0 Å². The zero-order valence-electron chi connectivity index (χ0n) is 14.0. The number of hydrogen-bond acceptors (Lipinski definition) is 5. The van der Waals surface area contributed by atoms with Gasteiger partial charge in [-0.05, 0) is 59.7 Å². The number of halogens is 1. The van der Waals surface area contributed by atoms with Crippen LogP contribution in [0.1, 0.15) is 12.5 Å².